The number of nitrogens with zero attached hydrogens (tertiary/aromatic N) is 1. The zero-order chi connectivity index (χ0) is 14.8. The largest absolute Gasteiger partial charge is 0.465 e. The Hall–Kier alpha value is -1.81. The van der Waals surface area contributed by atoms with Gasteiger partial charge in [0, 0.05) is 19.3 Å². The van der Waals surface area contributed by atoms with Crippen LogP contribution in [0.5, 0.6) is 0 Å². The fraction of sp³-hybridized carbons (Fsp3) is 0.400. The standard InChI is InChI=1S/C13H18N2O2.C2H6/c1-4-5-11(13(16)17-3)12-10(2)6-8-15(12)9-7-14;1-2/h4-6,8H,2,7,9,14H2,1,3H3;1-2H3/b5-4-,12-11-;. The van der Waals surface area contributed by atoms with E-state index in [0.29, 0.717) is 18.7 Å². The number of aromatic nitrogens is 1. The van der Waals surface area contributed by atoms with Crippen molar-refractivity contribution in [2.24, 2.45) is 5.73 Å². The summed E-state index contributed by atoms with van der Waals surface area (Å²) in [5, 5.41) is 1.55. The summed E-state index contributed by atoms with van der Waals surface area (Å²) >= 11 is 0. The number of nitrogens with two attached hydrogens (primary N) is 1. The van der Waals surface area contributed by atoms with Crippen molar-refractivity contribution in [1.82, 2.24) is 4.57 Å². The highest BCUT2D eigenvalue weighted by molar-refractivity contribution is 6.13. The third-order valence-corrected chi connectivity index (χ3v) is 2.41. The maximum Gasteiger partial charge on any atom is 0.339 e. The molecule has 0 aliphatic carbocycles. The molecule has 1 aromatic rings. The molecule has 0 atom stereocenters. The average molecular weight is 264 g/mol. The molecule has 1 aromatic heterocycles. The van der Waals surface area contributed by atoms with E-state index in [9.17, 15) is 4.79 Å². The lowest BCUT2D eigenvalue weighted by Crippen LogP contribution is -2.34. The molecule has 106 valence electrons. The van der Waals surface area contributed by atoms with E-state index in [0.717, 1.165) is 10.6 Å². The summed E-state index contributed by atoms with van der Waals surface area (Å²) in [6, 6.07) is 1.86. The topological polar surface area (TPSA) is 57.2 Å². The first kappa shape index (κ1) is 17.2. The lowest BCUT2D eigenvalue weighted by atomic mass is 10.2. The minimum absolute atomic E-state index is 0.370. The Labute approximate surface area is 114 Å². The number of carbonyl (C=O) groups is 1. The molecule has 0 aliphatic rings. The third kappa shape index (κ3) is 4.41. The van der Waals surface area contributed by atoms with Crippen molar-refractivity contribution in [2.45, 2.75) is 27.3 Å². The highest BCUT2D eigenvalue weighted by atomic mass is 16.5. The zero-order valence-electron chi connectivity index (χ0n) is 12.3. The Balaban J connectivity index is 0.00000154. The molecule has 2 N–H and O–H groups in total. The van der Waals surface area contributed by atoms with Gasteiger partial charge in [-0.15, -0.1) is 0 Å². The van der Waals surface area contributed by atoms with Gasteiger partial charge in [-0.1, -0.05) is 26.5 Å². The van der Waals surface area contributed by atoms with Crippen molar-refractivity contribution in [3.8, 4) is 0 Å². The Morgan fingerprint density at radius 1 is 1.53 bits per heavy atom. The molecular formula is C15H24N2O2. The number of ether oxygens (including phenoxy) is 1. The Morgan fingerprint density at radius 2 is 2.16 bits per heavy atom. The zero-order valence-corrected chi connectivity index (χ0v) is 12.3. The van der Waals surface area contributed by atoms with Gasteiger partial charge < -0.3 is 15.0 Å². The van der Waals surface area contributed by atoms with Gasteiger partial charge in [0.15, 0.2) is 0 Å². The summed E-state index contributed by atoms with van der Waals surface area (Å²) in [5.41, 5.74) is 6.04. The summed E-state index contributed by atoms with van der Waals surface area (Å²) in [4.78, 5) is 11.7. The van der Waals surface area contributed by atoms with Crippen molar-refractivity contribution in [1.29, 1.82) is 0 Å². The molecule has 0 saturated heterocycles. The molecule has 0 unspecified atom stereocenters. The van der Waals surface area contributed by atoms with E-state index < -0.39 is 0 Å². The smallest absolute Gasteiger partial charge is 0.339 e. The van der Waals surface area contributed by atoms with E-state index in [1.807, 2.05) is 37.6 Å². The second-order valence-corrected chi connectivity index (χ2v) is 3.58. The van der Waals surface area contributed by atoms with Gasteiger partial charge in [0.1, 0.15) is 0 Å². The van der Waals surface area contributed by atoms with Crippen molar-refractivity contribution < 1.29 is 9.53 Å². The van der Waals surface area contributed by atoms with E-state index in [1.165, 1.54) is 7.11 Å². The molecule has 0 amide bonds. The van der Waals surface area contributed by atoms with Gasteiger partial charge in [0.25, 0.3) is 0 Å². The number of methoxy groups -OCH3 is 1. The second kappa shape index (κ2) is 9.16. The number of hydrogen-bond acceptors (Lipinski definition) is 3. The van der Waals surface area contributed by atoms with Crippen LogP contribution >= 0.6 is 0 Å². The molecule has 0 spiro atoms. The molecule has 4 heteroatoms. The first-order valence-corrected chi connectivity index (χ1v) is 6.45. The lowest BCUT2D eigenvalue weighted by molar-refractivity contribution is -0.133. The van der Waals surface area contributed by atoms with Crippen LogP contribution in [0.15, 0.2) is 24.4 Å². The van der Waals surface area contributed by atoms with E-state index in [1.54, 1.807) is 12.2 Å². The first-order valence-electron chi connectivity index (χ1n) is 6.45. The van der Waals surface area contributed by atoms with Gasteiger partial charge in [-0.25, -0.2) is 4.79 Å². The normalized spacial score (nSPS) is 11.8. The van der Waals surface area contributed by atoms with Crippen LogP contribution in [-0.4, -0.2) is 24.2 Å². The molecular weight excluding hydrogens is 240 g/mol. The number of carbonyl (C=O) groups excluding carboxylic acids is 1. The molecule has 0 saturated carbocycles. The van der Waals surface area contributed by atoms with Gasteiger partial charge in [0.05, 0.1) is 18.0 Å². The van der Waals surface area contributed by atoms with Crippen LogP contribution in [0.25, 0.3) is 12.2 Å². The number of hydrogen-bond donors (Lipinski definition) is 1. The monoisotopic (exact) mass is 264 g/mol. The van der Waals surface area contributed by atoms with Crippen LogP contribution < -0.4 is 16.3 Å². The molecule has 0 radical (unpaired) electrons. The number of rotatable bonds is 4. The fourth-order valence-corrected chi connectivity index (χ4v) is 1.69. The quantitative estimate of drug-likeness (QED) is 0.818. The number of esters is 1. The maximum atomic E-state index is 11.7. The van der Waals surface area contributed by atoms with Crippen molar-refractivity contribution >= 4 is 18.1 Å². The van der Waals surface area contributed by atoms with Crippen molar-refractivity contribution in [2.75, 3.05) is 13.7 Å². The maximum absolute atomic E-state index is 11.7. The van der Waals surface area contributed by atoms with E-state index in [-0.39, 0.29) is 5.97 Å². The van der Waals surface area contributed by atoms with E-state index in [2.05, 4.69) is 6.58 Å². The third-order valence-electron chi connectivity index (χ3n) is 2.41. The minimum Gasteiger partial charge on any atom is -0.465 e. The summed E-state index contributed by atoms with van der Waals surface area (Å²) in [5.74, 6) is -0.370. The van der Waals surface area contributed by atoms with Crippen LogP contribution in [0.4, 0.5) is 0 Å². The van der Waals surface area contributed by atoms with Gasteiger partial charge in [0.2, 0.25) is 0 Å². The molecule has 0 fully saturated rings. The van der Waals surface area contributed by atoms with E-state index >= 15 is 0 Å². The molecule has 0 aromatic carbocycles. The van der Waals surface area contributed by atoms with Crippen molar-refractivity contribution in [3.63, 3.8) is 0 Å². The molecule has 1 heterocycles. The van der Waals surface area contributed by atoms with Gasteiger partial charge in [-0.2, -0.15) is 0 Å². The first-order chi connectivity index (χ1) is 9.15. The van der Waals surface area contributed by atoms with Crippen LogP contribution in [0.3, 0.4) is 0 Å². The summed E-state index contributed by atoms with van der Waals surface area (Å²) in [6.45, 7) is 10.9. The van der Waals surface area contributed by atoms with Crippen LogP contribution in [0.1, 0.15) is 20.8 Å². The van der Waals surface area contributed by atoms with Gasteiger partial charge >= 0.3 is 5.97 Å². The van der Waals surface area contributed by atoms with Crippen LogP contribution in [-0.2, 0) is 16.1 Å². The Bertz CT molecular complexity index is 527. The van der Waals surface area contributed by atoms with Crippen LogP contribution in [0, 0.1) is 0 Å². The van der Waals surface area contributed by atoms with Gasteiger partial charge in [-0.05, 0) is 24.3 Å². The van der Waals surface area contributed by atoms with Crippen LogP contribution in [0.2, 0.25) is 0 Å². The molecule has 19 heavy (non-hydrogen) atoms. The summed E-state index contributed by atoms with van der Waals surface area (Å²) in [6.07, 6.45) is 5.39. The molecule has 1 rings (SSSR count). The Morgan fingerprint density at radius 3 is 2.63 bits per heavy atom. The average Bonchev–Trinajstić information content (AvgIpc) is 2.79. The predicted molar refractivity (Wildman–Crippen MR) is 79.8 cm³/mol. The molecule has 0 aliphatic heterocycles. The highest BCUT2D eigenvalue weighted by Gasteiger charge is 2.10. The van der Waals surface area contributed by atoms with Crippen molar-refractivity contribution in [3.05, 3.63) is 35.0 Å². The van der Waals surface area contributed by atoms with Gasteiger partial charge in [-0.3, -0.25) is 0 Å². The summed E-state index contributed by atoms with van der Waals surface area (Å²) in [7, 11) is 1.37. The number of allylic oxidation sites excluding steroid dienone is 1. The van der Waals surface area contributed by atoms with E-state index in [4.69, 9.17) is 10.5 Å². The molecule has 4 nitrogen and oxygen atoms in total. The second-order valence-electron chi connectivity index (χ2n) is 3.58. The predicted octanol–water partition coefficient (Wildman–Crippen LogP) is 0.783. The SMILES string of the molecule is C=c1ccn(CCN)/c1=C(/C=C\C)C(=O)OC.CC. The summed E-state index contributed by atoms with van der Waals surface area (Å²) < 4.78 is 6.69. The fourth-order valence-electron chi connectivity index (χ4n) is 1.69. The highest BCUT2D eigenvalue weighted by Crippen LogP contribution is 1.98. The molecule has 0 bridgehead atoms. The lowest BCUT2D eigenvalue weighted by Gasteiger charge is -2.04. The Kier molecular flexibility index (Phi) is 8.29. The minimum atomic E-state index is -0.370.